The van der Waals surface area contributed by atoms with Crippen molar-refractivity contribution in [3.63, 3.8) is 0 Å². The lowest BCUT2D eigenvalue weighted by atomic mass is 9.96. The molecule has 0 radical (unpaired) electrons. The Morgan fingerprint density at radius 1 is 1.33 bits per heavy atom. The first-order chi connectivity index (χ1) is 14.6. The number of rotatable bonds is 6. The van der Waals surface area contributed by atoms with Crippen molar-refractivity contribution in [3.05, 3.63) is 35.0 Å². The van der Waals surface area contributed by atoms with Gasteiger partial charge in [-0.1, -0.05) is 5.16 Å². The lowest BCUT2D eigenvalue weighted by Crippen LogP contribution is -2.43. The Bertz CT molecular complexity index is 1000. The van der Waals surface area contributed by atoms with Gasteiger partial charge in [0, 0.05) is 36.6 Å². The minimum Gasteiger partial charge on any atom is -0.342 e. The number of H-pyrrole nitrogens is 1. The summed E-state index contributed by atoms with van der Waals surface area (Å²) >= 11 is 3.31. The van der Waals surface area contributed by atoms with Crippen molar-refractivity contribution < 1.29 is 14.1 Å². The molecule has 11 nitrogen and oxygen atoms in total. The largest absolute Gasteiger partial charge is 0.342 e. The maximum atomic E-state index is 12.6. The topological polar surface area (TPSA) is 143 Å². The van der Waals surface area contributed by atoms with Crippen LogP contribution in [0.25, 0.3) is 11.6 Å². The molecular weight excluding hydrogens is 456 g/mol. The lowest BCUT2D eigenvalue weighted by molar-refractivity contribution is -0.134. The van der Waals surface area contributed by atoms with Gasteiger partial charge in [-0.05, 0) is 40.9 Å². The minimum atomic E-state index is -0.269. The van der Waals surface area contributed by atoms with E-state index in [0.29, 0.717) is 42.9 Å². The maximum absolute atomic E-state index is 12.6. The van der Waals surface area contributed by atoms with E-state index >= 15 is 0 Å². The Balaban J connectivity index is 1.29. The molecule has 0 aromatic carbocycles. The van der Waals surface area contributed by atoms with Gasteiger partial charge in [0.25, 0.3) is 0 Å². The zero-order valence-corrected chi connectivity index (χ0v) is 17.5. The van der Waals surface area contributed by atoms with Gasteiger partial charge in [-0.3, -0.25) is 14.7 Å². The molecule has 1 unspecified atom stereocenters. The second-order valence-corrected chi connectivity index (χ2v) is 7.79. The van der Waals surface area contributed by atoms with Crippen molar-refractivity contribution in [1.29, 1.82) is 0 Å². The van der Waals surface area contributed by atoms with Crippen LogP contribution in [0.4, 0.5) is 5.82 Å². The van der Waals surface area contributed by atoms with Crippen LogP contribution in [0, 0.1) is 5.92 Å². The molecule has 2 N–H and O–H groups in total. The molecule has 3 aromatic rings. The lowest BCUT2D eigenvalue weighted by Gasteiger charge is -2.32. The number of piperidine rings is 1. The number of hydrogen-bond donors (Lipinski definition) is 2. The third-order valence-electron chi connectivity index (χ3n) is 4.77. The summed E-state index contributed by atoms with van der Waals surface area (Å²) in [6, 6.07) is 3.54. The number of nitrogens with one attached hydrogen (secondary N) is 2. The number of pyridine rings is 1. The number of nitrogens with zero attached hydrogens (tertiary/aromatic N) is 6. The van der Waals surface area contributed by atoms with Gasteiger partial charge in [0.15, 0.2) is 5.82 Å². The third-order valence-corrected chi connectivity index (χ3v) is 5.24. The number of aromatic amines is 1. The van der Waals surface area contributed by atoms with Crippen molar-refractivity contribution in [3.8, 4) is 11.6 Å². The van der Waals surface area contributed by atoms with E-state index in [-0.39, 0.29) is 24.2 Å². The normalized spacial score (nSPS) is 16.4. The Morgan fingerprint density at radius 2 is 2.23 bits per heavy atom. The third kappa shape index (κ3) is 4.87. The van der Waals surface area contributed by atoms with Crippen LogP contribution in [0.1, 0.15) is 25.2 Å². The van der Waals surface area contributed by atoms with Crippen LogP contribution in [0.3, 0.4) is 0 Å². The number of carbonyl (C=O) groups excluding carboxylic acids is 2. The highest BCUT2D eigenvalue weighted by Crippen LogP contribution is 2.20. The molecule has 3 aromatic heterocycles. The molecule has 4 rings (SSSR count). The Labute approximate surface area is 179 Å². The van der Waals surface area contributed by atoms with Crippen molar-refractivity contribution >= 4 is 33.6 Å². The molecule has 0 saturated carbocycles. The highest BCUT2D eigenvalue weighted by atomic mass is 79.9. The molecule has 1 aliphatic rings. The monoisotopic (exact) mass is 474 g/mol. The molecule has 0 spiro atoms. The molecule has 1 atom stereocenters. The zero-order valence-electron chi connectivity index (χ0n) is 15.9. The Kier molecular flexibility index (Phi) is 6.12. The fourth-order valence-corrected chi connectivity index (χ4v) is 3.47. The molecule has 156 valence electrons. The summed E-state index contributed by atoms with van der Waals surface area (Å²) < 4.78 is 6.00. The van der Waals surface area contributed by atoms with Crippen molar-refractivity contribution in [2.24, 2.45) is 5.92 Å². The summed E-state index contributed by atoms with van der Waals surface area (Å²) in [5, 5.41) is 13.0. The van der Waals surface area contributed by atoms with Gasteiger partial charge in [0.1, 0.15) is 12.1 Å². The van der Waals surface area contributed by atoms with E-state index in [1.807, 2.05) is 6.07 Å². The number of aromatic nitrogens is 6. The summed E-state index contributed by atoms with van der Waals surface area (Å²) in [4.78, 5) is 39.2. The molecular formula is C18H19BrN8O3. The quantitative estimate of drug-likeness (QED) is 0.550. The second-order valence-electron chi connectivity index (χ2n) is 6.88. The SMILES string of the molecule is O=C(Nc1ccc(Br)cn1)C1CCCN(C(=O)CCc2nc(-c3ncn[nH]3)no2)C1. The van der Waals surface area contributed by atoms with E-state index < -0.39 is 0 Å². The van der Waals surface area contributed by atoms with E-state index in [9.17, 15) is 9.59 Å². The van der Waals surface area contributed by atoms with Crippen molar-refractivity contribution in [1.82, 2.24) is 35.2 Å². The van der Waals surface area contributed by atoms with Gasteiger partial charge < -0.3 is 14.7 Å². The highest BCUT2D eigenvalue weighted by molar-refractivity contribution is 9.10. The van der Waals surface area contributed by atoms with Crippen LogP contribution < -0.4 is 5.32 Å². The first-order valence-corrected chi connectivity index (χ1v) is 10.3. The van der Waals surface area contributed by atoms with Gasteiger partial charge in [-0.2, -0.15) is 10.1 Å². The molecule has 2 amide bonds. The standard InChI is InChI=1S/C18H19BrN8O3/c19-12-3-4-13(20-8-12)23-18(29)11-2-1-7-27(9-11)15(28)6-5-14-24-17(26-30-14)16-21-10-22-25-16/h3-4,8,10-11H,1-2,5-7,9H2,(H,20,23,29)(H,21,22,25). The number of halogens is 1. The van der Waals surface area contributed by atoms with Crippen LogP contribution >= 0.6 is 15.9 Å². The number of amides is 2. The molecule has 1 saturated heterocycles. The number of hydrogen-bond acceptors (Lipinski definition) is 8. The van der Waals surface area contributed by atoms with Gasteiger partial charge >= 0.3 is 0 Å². The van der Waals surface area contributed by atoms with Crippen LogP contribution in [0.2, 0.25) is 0 Å². The van der Waals surface area contributed by atoms with E-state index in [2.05, 4.69) is 51.6 Å². The van der Waals surface area contributed by atoms with Gasteiger partial charge in [-0.15, -0.1) is 0 Å². The summed E-state index contributed by atoms with van der Waals surface area (Å²) in [6.07, 6.45) is 5.02. The van der Waals surface area contributed by atoms with Gasteiger partial charge in [-0.25, -0.2) is 9.97 Å². The first kappa shape index (κ1) is 20.1. The van der Waals surface area contributed by atoms with Crippen LogP contribution in [-0.4, -0.2) is 60.1 Å². The summed E-state index contributed by atoms with van der Waals surface area (Å²) in [5.74, 6) is 1.10. The maximum Gasteiger partial charge on any atom is 0.239 e. The summed E-state index contributed by atoms with van der Waals surface area (Å²) in [7, 11) is 0. The zero-order chi connectivity index (χ0) is 20.9. The van der Waals surface area contributed by atoms with Crippen molar-refractivity contribution in [2.45, 2.75) is 25.7 Å². The smallest absolute Gasteiger partial charge is 0.239 e. The Morgan fingerprint density at radius 3 is 3.00 bits per heavy atom. The Hall–Kier alpha value is -3.15. The molecule has 12 heteroatoms. The number of anilines is 1. The van der Waals surface area contributed by atoms with Crippen molar-refractivity contribution in [2.75, 3.05) is 18.4 Å². The summed E-state index contributed by atoms with van der Waals surface area (Å²) in [5.41, 5.74) is 0. The molecule has 4 heterocycles. The fraction of sp³-hybridized carbons (Fsp3) is 0.389. The number of carbonyl (C=O) groups is 2. The highest BCUT2D eigenvalue weighted by Gasteiger charge is 2.28. The van der Waals surface area contributed by atoms with Crippen LogP contribution in [0.15, 0.2) is 33.7 Å². The van der Waals surface area contributed by atoms with Crippen LogP contribution in [-0.2, 0) is 16.0 Å². The average molecular weight is 475 g/mol. The average Bonchev–Trinajstić information content (AvgIpc) is 3.45. The molecule has 30 heavy (non-hydrogen) atoms. The van der Waals surface area contributed by atoms with Crippen LogP contribution in [0.5, 0.6) is 0 Å². The predicted octanol–water partition coefficient (Wildman–Crippen LogP) is 1.82. The van der Waals surface area contributed by atoms with E-state index in [0.717, 1.165) is 17.3 Å². The summed E-state index contributed by atoms with van der Waals surface area (Å²) in [6.45, 7) is 1.01. The van der Waals surface area contributed by atoms with E-state index in [1.54, 1.807) is 17.2 Å². The molecule has 1 aliphatic heterocycles. The predicted molar refractivity (Wildman–Crippen MR) is 108 cm³/mol. The van der Waals surface area contributed by atoms with E-state index in [1.165, 1.54) is 6.33 Å². The fourth-order valence-electron chi connectivity index (χ4n) is 3.23. The first-order valence-electron chi connectivity index (χ1n) is 9.47. The second kappa shape index (κ2) is 9.11. The molecule has 0 aliphatic carbocycles. The number of aryl methyl sites for hydroxylation is 1. The van der Waals surface area contributed by atoms with Gasteiger partial charge in [0.05, 0.1) is 5.92 Å². The molecule has 0 bridgehead atoms. The van der Waals surface area contributed by atoms with E-state index in [4.69, 9.17) is 4.52 Å². The molecule has 1 fully saturated rings. The van der Waals surface area contributed by atoms with Gasteiger partial charge in [0.2, 0.25) is 23.5 Å². The minimum absolute atomic E-state index is 0.0475. The number of likely N-dealkylation sites (tertiary alicyclic amines) is 1.